The predicted molar refractivity (Wildman–Crippen MR) is 132 cm³/mol. The molecule has 2 aromatic carbocycles. The van der Waals surface area contributed by atoms with E-state index in [1.165, 1.54) is 13.2 Å². The number of hydrogen-bond acceptors (Lipinski definition) is 7. The van der Waals surface area contributed by atoms with Crippen molar-refractivity contribution >= 4 is 33.2 Å². The van der Waals surface area contributed by atoms with Gasteiger partial charge in [0, 0.05) is 12.7 Å². The lowest BCUT2D eigenvalue weighted by atomic mass is 10.1. The van der Waals surface area contributed by atoms with Crippen LogP contribution in [0.4, 0.5) is 5.69 Å². The van der Waals surface area contributed by atoms with Crippen LogP contribution in [0, 0.1) is 0 Å². The van der Waals surface area contributed by atoms with Gasteiger partial charge in [0.25, 0.3) is 11.8 Å². The number of amides is 3. The molecule has 1 aliphatic heterocycles. The number of methoxy groups -OCH3 is 1. The van der Waals surface area contributed by atoms with Crippen molar-refractivity contribution in [2.75, 3.05) is 31.0 Å². The molecular formula is C25H30N2O7S. The molecule has 0 unspecified atom stereocenters. The molecule has 2 aromatic rings. The Morgan fingerprint density at radius 3 is 2.46 bits per heavy atom. The standard InChI is InChI=1S/C25H30N2O7S/c1-5-7-11-22(28)26-18-10-8-9-17-23(18)25(30)27(24(17)29)19(15-35(4,31)32)16-12-13-20(33-3)21(14-16)34-6-2/h8-10,12-14,19H,5-7,11,15H2,1-4H3,(H,26,28)/t19-/m1/s1. The maximum Gasteiger partial charge on any atom is 0.264 e. The van der Waals surface area contributed by atoms with E-state index in [1.54, 1.807) is 37.3 Å². The van der Waals surface area contributed by atoms with Crippen molar-refractivity contribution < 1.29 is 32.3 Å². The van der Waals surface area contributed by atoms with E-state index < -0.39 is 33.4 Å². The summed E-state index contributed by atoms with van der Waals surface area (Å²) in [6.07, 6.45) is 2.86. The molecule has 1 aliphatic rings. The summed E-state index contributed by atoms with van der Waals surface area (Å²) in [4.78, 5) is 40.2. The first-order chi connectivity index (χ1) is 16.6. The van der Waals surface area contributed by atoms with E-state index in [0.717, 1.165) is 17.6 Å². The molecule has 0 saturated carbocycles. The summed E-state index contributed by atoms with van der Waals surface area (Å²) in [7, 11) is -2.13. The topological polar surface area (TPSA) is 119 Å². The molecular weight excluding hydrogens is 472 g/mol. The zero-order valence-corrected chi connectivity index (χ0v) is 21.1. The van der Waals surface area contributed by atoms with E-state index in [2.05, 4.69) is 5.32 Å². The Morgan fingerprint density at radius 2 is 1.83 bits per heavy atom. The Balaban J connectivity index is 2.06. The summed E-state index contributed by atoms with van der Waals surface area (Å²) >= 11 is 0. The van der Waals surface area contributed by atoms with Crippen LogP contribution in [0.2, 0.25) is 0 Å². The lowest BCUT2D eigenvalue weighted by Gasteiger charge is -2.27. The minimum Gasteiger partial charge on any atom is -0.493 e. The predicted octanol–water partition coefficient (Wildman–Crippen LogP) is 3.60. The van der Waals surface area contributed by atoms with Crippen LogP contribution in [0.15, 0.2) is 36.4 Å². The summed E-state index contributed by atoms with van der Waals surface area (Å²) in [6, 6.07) is 8.31. The maximum absolute atomic E-state index is 13.6. The van der Waals surface area contributed by atoms with Crippen LogP contribution in [0.5, 0.6) is 11.5 Å². The number of nitrogens with one attached hydrogen (secondary N) is 1. The second-order valence-corrected chi connectivity index (χ2v) is 10.5. The second-order valence-electron chi connectivity index (χ2n) is 8.31. The number of imide groups is 1. The number of ether oxygens (including phenoxy) is 2. The number of fused-ring (bicyclic) bond motifs is 1. The Bertz CT molecular complexity index is 1240. The first kappa shape index (κ1) is 26.2. The third kappa shape index (κ3) is 5.82. The molecule has 9 nitrogen and oxygen atoms in total. The van der Waals surface area contributed by atoms with Crippen LogP contribution in [0.25, 0.3) is 0 Å². The van der Waals surface area contributed by atoms with Crippen LogP contribution in [-0.2, 0) is 14.6 Å². The molecule has 35 heavy (non-hydrogen) atoms. The van der Waals surface area contributed by atoms with Gasteiger partial charge in [-0.15, -0.1) is 0 Å². The SMILES string of the molecule is CCCCC(=O)Nc1cccc2c1C(=O)N([C@H](CS(C)(=O)=O)c1ccc(OC)c(OCC)c1)C2=O. The fraction of sp³-hybridized carbons (Fsp3) is 0.400. The largest absolute Gasteiger partial charge is 0.493 e. The van der Waals surface area contributed by atoms with Crippen molar-refractivity contribution in [3.8, 4) is 11.5 Å². The molecule has 0 aromatic heterocycles. The third-order valence-corrected chi connectivity index (χ3v) is 6.54. The normalized spacial score (nSPS) is 14.0. The van der Waals surface area contributed by atoms with Gasteiger partial charge in [0.2, 0.25) is 5.91 Å². The number of rotatable bonds is 11. The molecule has 0 bridgehead atoms. The number of unbranched alkanes of at least 4 members (excludes halogenated alkanes) is 1. The monoisotopic (exact) mass is 502 g/mol. The Kier molecular flexibility index (Phi) is 8.16. The third-order valence-electron chi connectivity index (χ3n) is 5.62. The van der Waals surface area contributed by atoms with Crippen LogP contribution >= 0.6 is 0 Å². The molecule has 0 spiro atoms. The second kappa shape index (κ2) is 10.9. The molecule has 0 fully saturated rings. The van der Waals surface area contributed by atoms with Gasteiger partial charge in [0.1, 0.15) is 9.84 Å². The fourth-order valence-electron chi connectivity index (χ4n) is 4.02. The molecule has 0 saturated heterocycles. The maximum atomic E-state index is 13.6. The van der Waals surface area contributed by atoms with E-state index in [4.69, 9.17) is 9.47 Å². The van der Waals surface area contributed by atoms with Crippen molar-refractivity contribution in [2.45, 2.75) is 39.2 Å². The van der Waals surface area contributed by atoms with Gasteiger partial charge in [0.05, 0.1) is 42.3 Å². The van der Waals surface area contributed by atoms with Gasteiger partial charge in [-0.2, -0.15) is 0 Å². The van der Waals surface area contributed by atoms with E-state index >= 15 is 0 Å². The molecule has 10 heteroatoms. The number of carbonyl (C=O) groups excluding carboxylic acids is 3. The zero-order valence-electron chi connectivity index (χ0n) is 20.3. The lowest BCUT2D eigenvalue weighted by molar-refractivity contribution is -0.116. The van der Waals surface area contributed by atoms with Crippen molar-refractivity contribution in [1.82, 2.24) is 4.90 Å². The van der Waals surface area contributed by atoms with E-state index in [9.17, 15) is 22.8 Å². The van der Waals surface area contributed by atoms with Gasteiger partial charge in [-0.25, -0.2) is 8.42 Å². The number of benzene rings is 2. The number of hydrogen-bond donors (Lipinski definition) is 1. The highest BCUT2D eigenvalue weighted by atomic mass is 32.2. The van der Waals surface area contributed by atoms with Gasteiger partial charge in [-0.3, -0.25) is 19.3 Å². The minimum absolute atomic E-state index is 0.0550. The molecule has 1 heterocycles. The summed E-state index contributed by atoms with van der Waals surface area (Å²) in [5.41, 5.74) is 0.801. The molecule has 1 atom stereocenters. The molecule has 0 radical (unpaired) electrons. The Hall–Kier alpha value is -3.40. The van der Waals surface area contributed by atoms with Crippen LogP contribution in [0.3, 0.4) is 0 Å². The lowest BCUT2D eigenvalue weighted by Crippen LogP contribution is -2.37. The summed E-state index contributed by atoms with van der Waals surface area (Å²) in [5, 5.41) is 2.72. The first-order valence-electron chi connectivity index (χ1n) is 11.4. The van der Waals surface area contributed by atoms with Crippen molar-refractivity contribution in [3.63, 3.8) is 0 Å². The average molecular weight is 503 g/mol. The Morgan fingerprint density at radius 1 is 1.09 bits per heavy atom. The number of carbonyl (C=O) groups is 3. The summed E-state index contributed by atoms with van der Waals surface area (Å²) in [5.74, 6) is -1.23. The Labute approximate surface area is 205 Å². The van der Waals surface area contributed by atoms with E-state index in [0.29, 0.717) is 30.1 Å². The minimum atomic E-state index is -3.61. The molecule has 3 amide bonds. The van der Waals surface area contributed by atoms with Crippen molar-refractivity contribution in [2.24, 2.45) is 0 Å². The summed E-state index contributed by atoms with van der Waals surface area (Å²) in [6.45, 7) is 4.09. The zero-order chi connectivity index (χ0) is 25.8. The van der Waals surface area contributed by atoms with Crippen LogP contribution in [-0.4, -0.2) is 56.8 Å². The smallest absolute Gasteiger partial charge is 0.264 e. The van der Waals surface area contributed by atoms with Crippen LogP contribution < -0.4 is 14.8 Å². The highest BCUT2D eigenvalue weighted by Crippen LogP contribution is 2.38. The van der Waals surface area contributed by atoms with E-state index in [1.807, 2.05) is 6.92 Å². The fourth-order valence-corrected chi connectivity index (χ4v) is 4.93. The van der Waals surface area contributed by atoms with Gasteiger partial charge < -0.3 is 14.8 Å². The molecule has 1 N–H and O–H groups in total. The van der Waals surface area contributed by atoms with E-state index in [-0.39, 0.29) is 29.1 Å². The van der Waals surface area contributed by atoms with Crippen molar-refractivity contribution in [1.29, 1.82) is 0 Å². The van der Waals surface area contributed by atoms with Gasteiger partial charge in [-0.05, 0) is 43.2 Å². The van der Waals surface area contributed by atoms with Gasteiger partial charge in [0.15, 0.2) is 11.5 Å². The first-order valence-corrected chi connectivity index (χ1v) is 13.5. The number of sulfone groups is 1. The molecule has 188 valence electrons. The average Bonchev–Trinajstić information content (AvgIpc) is 3.06. The highest BCUT2D eigenvalue weighted by molar-refractivity contribution is 7.90. The van der Waals surface area contributed by atoms with Gasteiger partial charge in [-0.1, -0.05) is 25.5 Å². The molecule has 3 rings (SSSR count). The quantitative estimate of drug-likeness (QED) is 0.466. The molecule has 0 aliphatic carbocycles. The number of anilines is 1. The summed E-state index contributed by atoms with van der Waals surface area (Å²) < 4.78 is 35.6. The highest BCUT2D eigenvalue weighted by Gasteiger charge is 2.43. The number of nitrogens with zero attached hydrogens (tertiary/aromatic N) is 1. The van der Waals surface area contributed by atoms with Gasteiger partial charge >= 0.3 is 0 Å². The van der Waals surface area contributed by atoms with Crippen LogP contribution in [0.1, 0.15) is 65.4 Å². The van der Waals surface area contributed by atoms with Crippen molar-refractivity contribution in [3.05, 3.63) is 53.1 Å².